The largest absolute Gasteiger partial charge is 0.312 e. The highest BCUT2D eigenvalue weighted by Gasteiger charge is 2.20. The Labute approximate surface area is 110 Å². The van der Waals surface area contributed by atoms with E-state index < -0.39 is 0 Å². The second-order valence-electron chi connectivity index (χ2n) is 4.35. The van der Waals surface area contributed by atoms with Gasteiger partial charge in [-0.15, -0.1) is 5.10 Å². The Hall–Kier alpha value is -0.780. The fourth-order valence-corrected chi connectivity index (χ4v) is 3.41. The summed E-state index contributed by atoms with van der Waals surface area (Å²) in [5.41, 5.74) is 2.50. The molecule has 0 saturated carbocycles. The molecule has 0 saturated heterocycles. The van der Waals surface area contributed by atoms with E-state index in [9.17, 15) is 0 Å². The number of aromatic nitrogens is 2. The first-order valence-corrected chi connectivity index (χ1v) is 7.44. The maximum absolute atomic E-state index is 4.24. The zero-order chi connectivity index (χ0) is 12.3. The molecule has 17 heavy (non-hydrogen) atoms. The fourth-order valence-electron chi connectivity index (χ4n) is 1.82. The second-order valence-corrected chi connectivity index (χ2v) is 5.92. The summed E-state index contributed by atoms with van der Waals surface area (Å²) in [5, 5.41) is 11.9. The molecule has 2 rings (SSSR count). The maximum atomic E-state index is 4.24. The van der Waals surface area contributed by atoms with Crippen LogP contribution >= 0.6 is 22.9 Å². The molecular formula is C12H17N3S2. The van der Waals surface area contributed by atoms with E-state index in [0.717, 1.165) is 12.1 Å². The fraction of sp³-hybridized carbons (Fsp3) is 0.500. The lowest BCUT2D eigenvalue weighted by Crippen LogP contribution is -2.19. The topological polar surface area (TPSA) is 37.8 Å². The highest BCUT2D eigenvalue weighted by molar-refractivity contribution is 7.08. The normalized spacial score (nSPS) is 13.2. The lowest BCUT2D eigenvalue weighted by molar-refractivity contribution is 0.590. The Bertz CT molecular complexity index is 448. The highest BCUT2D eigenvalue weighted by atomic mass is 32.1. The molecule has 0 radical (unpaired) electrons. The summed E-state index contributed by atoms with van der Waals surface area (Å²) in [6.45, 7) is 4.33. The quantitative estimate of drug-likeness (QED) is 0.904. The Morgan fingerprint density at radius 3 is 2.82 bits per heavy atom. The van der Waals surface area contributed by atoms with Gasteiger partial charge in [0, 0.05) is 6.04 Å². The van der Waals surface area contributed by atoms with Gasteiger partial charge in [-0.3, -0.25) is 0 Å². The molecule has 2 aromatic heterocycles. The van der Waals surface area contributed by atoms with Gasteiger partial charge in [-0.05, 0) is 53.3 Å². The molecule has 0 aromatic carbocycles. The predicted molar refractivity (Wildman–Crippen MR) is 73.8 cm³/mol. The van der Waals surface area contributed by atoms with Crippen LogP contribution < -0.4 is 5.32 Å². The smallest absolute Gasteiger partial charge is 0.0829 e. The Morgan fingerprint density at radius 2 is 2.24 bits per heavy atom. The number of rotatable bonds is 5. The van der Waals surface area contributed by atoms with E-state index in [-0.39, 0.29) is 0 Å². The molecule has 1 N–H and O–H groups in total. The highest BCUT2D eigenvalue weighted by Crippen LogP contribution is 2.28. The van der Waals surface area contributed by atoms with Crippen molar-refractivity contribution >= 4 is 22.9 Å². The van der Waals surface area contributed by atoms with Crippen LogP contribution in [-0.4, -0.2) is 16.6 Å². The summed E-state index contributed by atoms with van der Waals surface area (Å²) in [5.74, 6) is 0.432. The van der Waals surface area contributed by atoms with Gasteiger partial charge >= 0.3 is 0 Å². The molecule has 1 unspecified atom stereocenters. The Balaban J connectivity index is 2.20. The average Bonchev–Trinajstić information content (AvgIpc) is 2.96. The van der Waals surface area contributed by atoms with Crippen molar-refractivity contribution in [1.29, 1.82) is 0 Å². The lowest BCUT2D eigenvalue weighted by atomic mass is 10.0. The van der Waals surface area contributed by atoms with Gasteiger partial charge < -0.3 is 5.32 Å². The SMILES string of the molecule is CNC(Cc1ccsc1)c1snnc1C(C)C. The molecule has 0 spiro atoms. The Morgan fingerprint density at radius 1 is 1.41 bits per heavy atom. The number of nitrogens with one attached hydrogen (secondary N) is 1. The zero-order valence-electron chi connectivity index (χ0n) is 10.3. The third kappa shape index (κ3) is 2.91. The van der Waals surface area contributed by atoms with Gasteiger partial charge in [0.05, 0.1) is 10.6 Å². The number of hydrogen-bond donors (Lipinski definition) is 1. The third-order valence-electron chi connectivity index (χ3n) is 2.77. The molecule has 92 valence electrons. The van der Waals surface area contributed by atoms with Crippen LogP contribution in [0.15, 0.2) is 16.8 Å². The summed E-state index contributed by atoms with van der Waals surface area (Å²) in [6, 6.07) is 2.50. The summed E-state index contributed by atoms with van der Waals surface area (Å²) < 4.78 is 4.10. The molecule has 0 amide bonds. The van der Waals surface area contributed by atoms with Crippen LogP contribution in [0.3, 0.4) is 0 Å². The van der Waals surface area contributed by atoms with Crippen molar-refractivity contribution < 1.29 is 0 Å². The van der Waals surface area contributed by atoms with Crippen LogP contribution in [0.25, 0.3) is 0 Å². The molecule has 0 bridgehead atoms. The van der Waals surface area contributed by atoms with Crippen molar-refractivity contribution in [2.45, 2.75) is 32.2 Å². The summed E-state index contributed by atoms with van der Waals surface area (Å²) in [7, 11) is 2.00. The van der Waals surface area contributed by atoms with Crippen molar-refractivity contribution in [1.82, 2.24) is 14.9 Å². The number of nitrogens with zero attached hydrogens (tertiary/aromatic N) is 2. The van der Waals surface area contributed by atoms with Crippen LogP contribution in [0.2, 0.25) is 0 Å². The average molecular weight is 267 g/mol. The van der Waals surface area contributed by atoms with E-state index in [4.69, 9.17) is 0 Å². The molecule has 3 nitrogen and oxygen atoms in total. The van der Waals surface area contributed by atoms with Crippen molar-refractivity contribution in [2.75, 3.05) is 7.05 Å². The molecule has 2 heterocycles. The van der Waals surface area contributed by atoms with Gasteiger partial charge in [-0.1, -0.05) is 18.3 Å². The first-order chi connectivity index (χ1) is 8.22. The van der Waals surface area contributed by atoms with E-state index in [2.05, 4.69) is 45.6 Å². The maximum Gasteiger partial charge on any atom is 0.0829 e. The molecule has 0 aliphatic heterocycles. The Kier molecular flexibility index (Phi) is 4.25. The zero-order valence-corrected chi connectivity index (χ0v) is 11.9. The first-order valence-electron chi connectivity index (χ1n) is 5.72. The molecule has 0 aliphatic rings. The second kappa shape index (κ2) is 5.71. The standard InChI is InChI=1S/C12H17N3S2/c1-8(2)11-12(17-15-14-11)10(13-3)6-9-4-5-16-7-9/h4-5,7-8,10,13H,6H2,1-3H3. The minimum Gasteiger partial charge on any atom is -0.312 e. The number of likely N-dealkylation sites (N-methyl/N-ethyl adjacent to an activating group) is 1. The minimum absolute atomic E-state index is 0.321. The first kappa shape index (κ1) is 12.7. The van der Waals surface area contributed by atoms with Crippen molar-refractivity contribution in [3.63, 3.8) is 0 Å². The van der Waals surface area contributed by atoms with Crippen molar-refractivity contribution in [3.8, 4) is 0 Å². The third-order valence-corrected chi connectivity index (χ3v) is 4.36. The van der Waals surface area contributed by atoms with E-state index in [1.54, 1.807) is 11.3 Å². The van der Waals surface area contributed by atoms with Crippen LogP contribution in [0.4, 0.5) is 0 Å². The van der Waals surface area contributed by atoms with E-state index in [0.29, 0.717) is 12.0 Å². The molecule has 2 aromatic rings. The summed E-state index contributed by atoms with van der Waals surface area (Å²) in [4.78, 5) is 1.27. The van der Waals surface area contributed by atoms with E-state index in [1.165, 1.54) is 22.0 Å². The van der Waals surface area contributed by atoms with Crippen LogP contribution in [0.5, 0.6) is 0 Å². The van der Waals surface area contributed by atoms with Gasteiger partial charge in [-0.2, -0.15) is 11.3 Å². The number of thiophene rings is 1. The van der Waals surface area contributed by atoms with Crippen LogP contribution in [0, 0.1) is 0 Å². The molecule has 1 atom stereocenters. The lowest BCUT2D eigenvalue weighted by Gasteiger charge is -2.15. The molecular weight excluding hydrogens is 250 g/mol. The summed E-state index contributed by atoms with van der Waals surface area (Å²) >= 11 is 3.26. The van der Waals surface area contributed by atoms with Gasteiger partial charge in [0.15, 0.2) is 0 Å². The van der Waals surface area contributed by atoms with Gasteiger partial charge in [0.1, 0.15) is 0 Å². The van der Waals surface area contributed by atoms with Crippen molar-refractivity contribution in [2.24, 2.45) is 0 Å². The van der Waals surface area contributed by atoms with E-state index in [1.807, 2.05) is 7.05 Å². The van der Waals surface area contributed by atoms with Gasteiger partial charge in [0.2, 0.25) is 0 Å². The summed E-state index contributed by atoms with van der Waals surface area (Å²) in [6.07, 6.45) is 1.00. The van der Waals surface area contributed by atoms with Crippen LogP contribution in [-0.2, 0) is 6.42 Å². The molecule has 5 heteroatoms. The van der Waals surface area contributed by atoms with Crippen LogP contribution in [0.1, 0.15) is 41.9 Å². The van der Waals surface area contributed by atoms with E-state index >= 15 is 0 Å². The number of hydrogen-bond acceptors (Lipinski definition) is 5. The van der Waals surface area contributed by atoms with Gasteiger partial charge in [-0.25, -0.2) is 0 Å². The minimum atomic E-state index is 0.321. The van der Waals surface area contributed by atoms with Crippen molar-refractivity contribution in [3.05, 3.63) is 33.0 Å². The van der Waals surface area contributed by atoms with Gasteiger partial charge in [0.25, 0.3) is 0 Å². The monoisotopic (exact) mass is 267 g/mol. The predicted octanol–water partition coefficient (Wildman–Crippen LogP) is 3.23. The molecule has 0 fully saturated rings. The molecule has 0 aliphatic carbocycles.